The lowest BCUT2D eigenvalue weighted by atomic mass is 10.2. The minimum atomic E-state index is -1.01. The Bertz CT molecular complexity index is 745. The standard InChI is InChI=1S/C19H20FNO4/c1-12-5-4-6-17(11-12)24-14(3)19(23)25-13(2)18(22)21-16-9-7-15(20)8-10-16/h4-11,13-14H,1-3H3,(H,21,22)/t13-,14+/m1/s1. The van der Waals surface area contributed by atoms with Gasteiger partial charge in [0.25, 0.3) is 5.91 Å². The molecule has 2 aromatic rings. The molecule has 0 fully saturated rings. The van der Waals surface area contributed by atoms with E-state index in [1.807, 2.05) is 19.1 Å². The zero-order chi connectivity index (χ0) is 18.4. The third kappa shape index (κ3) is 5.60. The number of benzene rings is 2. The molecule has 0 aromatic heterocycles. The second kappa shape index (κ2) is 8.28. The molecule has 1 N–H and O–H groups in total. The summed E-state index contributed by atoms with van der Waals surface area (Å²) in [5.41, 5.74) is 1.42. The Balaban J connectivity index is 1.87. The molecule has 0 radical (unpaired) electrons. The number of nitrogens with one attached hydrogen (secondary N) is 1. The van der Waals surface area contributed by atoms with E-state index < -0.39 is 29.9 Å². The van der Waals surface area contributed by atoms with Crippen molar-refractivity contribution in [1.82, 2.24) is 0 Å². The summed E-state index contributed by atoms with van der Waals surface area (Å²) in [6.07, 6.45) is -1.87. The van der Waals surface area contributed by atoms with Gasteiger partial charge in [0, 0.05) is 5.69 Å². The predicted molar refractivity (Wildman–Crippen MR) is 91.9 cm³/mol. The van der Waals surface area contributed by atoms with E-state index in [0.29, 0.717) is 11.4 Å². The SMILES string of the molecule is Cc1cccc(O[C@@H](C)C(=O)O[C@H](C)C(=O)Nc2ccc(F)cc2)c1. The Kier molecular flexibility index (Phi) is 6.11. The van der Waals surface area contributed by atoms with Crippen LogP contribution in [-0.4, -0.2) is 24.1 Å². The molecule has 1 amide bonds. The van der Waals surface area contributed by atoms with Gasteiger partial charge >= 0.3 is 5.97 Å². The Labute approximate surface area is 145 Å². The molecule has 0 aliphatic rings. The highest BCUT2D eigenvalue weighted by Crippen LogP contribution is 2.15. The fraction of sp³-hybridized carbons (Fsp3) is 0.263. The van der Waals surface area contributed by atoms with Crippen LogP contribution in [0, 0.1) is 12.7 Å². The first kappa shape index (κ1) is 18.4. The lowest BCUT2D eigenvalue weighted by molar-refractivity contribution is -0.159. The molecule has 0 unspecified atom stereocenters. The van der Waals surface area contributed by atoms with E-state index in [1.54, 1.807) is 19.1 Å². The molecule has 0 saturated heterocycles. The van der Waals surface area contributed by atoms with Gasteiger partial charge in [0.05, 0.1) is 0 Å². The fourth-order valence-electron chi connectivity index (χ4n) is 2.04. The maximum absolute atomic E-state index is 12.9. The zero-order valence-electron chi connectivity index (χ0n) is 14.3. The molecule has 5 nitrogen and oxygen atoms in total. The van der Waals surface area contributed by atoms with E-state index in [2.05, 4.69) is 5.32 Å². The zero-order valence-corrected chi connectivity index (χ0v) is 14.3. The van der Waals surface area contributed by atoms with Gasteiger partial charge in [-0.3, -0.25) is 4.79 Å². The number of hydrogen-bond donors (Lipinski definition) is 1. The molecule has 2 aromatic carbocycles. The van der Waals surface area contributed by atoms with Gasteiger partial charge in [-0.15, -0.1) is 0 Å². The maximum atomic E-state index is 12.9. The van der Waals surface area contributed by atoms with Gasteiger partial charge in [0.1, 0.15) is 11.6 Å². The van der Waals surface area contributed by atoms with E-state index in [0.717, 1.165) is 5.56 Å². The van der Waals surface area contributed by atoms with Crippen LogP contribution >= 0.6 is 0 Å². The average Bonchev–Trinajstić information content (AvgIpc) is 2.56. The van der Waals surface area contributed by atoms with Crippen LogP contribution in [0.5, 0.6) is 5.75 Å². The molecule has 6 heteroatoms. The number of esters is 1. The average molecular weight is 345 g/mol. The molecule has 0 saturated carbocycles. The number of halogens is 1. The highest BCUT2D eigenvalue weighted by atomic mass is 19.1. The second-order valence-corrected chi connectivity index (χ2v) is 5.65. The van der Waals surface area contributed by atoms with Crippen LogP contribution in [0.4, 0.5) is 10.1 Å². The molecule has 2 rings (SSSR count). The van der Waals surface area contributed by atoms with Crippen molar-refractivity contribution in [3.63, 3.8) is 0 Å². The molecule has 25 heavy (non-hydrogen) atoms. The number of ether oxygens (including phenoxy) is 2. The van der Waals surface area contributed by atoms with Crippen molar-refractivity contribution in [3.8, 4) is 5.75 Å². The van der Waals surface area contributed by atoms with E-state index in [4.69, 9.17) is 9.47 Å². The minimum absolute atomic E-state index is 0.403. The molecule has 0 spiro atoms. The smallest absolute Gasteiger partial charge is 0.347 e. The minimum Gasteiger partial charge on any atom is -0.479 e. The van der Waals surface area contributed by atoms with Crippen molar-refractivity contribution in [2.75, 3.05) is 5.32 Å². The largest absolute Gasteiger partial charge is 0.479 e. The summed E-state index contributed by atoms with van der Waals surface area (Å²) in [6.45, 7) is 4.92. The molecule has 0 heterocycles. The Morgan fingerprint density at radius 2 is 1.72 bits per heavy atom. The van der Waals surface area contributed by atoms with E-state index in [9.17, 15) is 14.0 Å². The van der Waals surface area contributed by atoms with Crippen molar-refractivity contribution < 1.29 is 23.5 Å². The summed E-state index contributed by atoms with van der Waals surface area (Å²) in [5.74, 6) is -1.02. The van der Waals surface area contributed by atoms with Crippen molar-refractivity contribution in [2.24, 2.45) is 0 Å². The summed E-state index contributed by atoms with van der Waals surface area (Å²) in [5, 5.41) is 2.55. The van der Waals surface area contributed by atoms with Crippen LogP contribution in [0.25, 0.3) is 0 Å². The van der Waals surface area contributed by atoms with Gasteiger partial charge in [-0.1, -0.05) is 12.1 Å². The Morgan fingerprint density at radius 1 is 1.04 bits per heavy atom. The van der Waals surface area contributed by atoms with Gasteiger partial charge in [-0.05, 0) is 62.7 Å². The summed E-state index contributed by atoms with van der Waals surface area (Å²) in [6, 6.07) is 12.6. The number of rotatable bonds is 6. The van der Waals surface area contributed by atoms with Gasteiger partial charge in [0.2, 0.25) is 0 Å². The molecule has 2 atom stereocenters. The first-order valence-electron chi connectivity index (χ1n) is 7.85. The monoisotopic (exact) mass is 345 g/mol. The van der Waals surface area contributed by atoms with E-state index in [-0.39, 0.29) is 0 Å². The third-order valence-corrected chi connectivity index (χ3v) is 3.41. The van der Waals surface area contributed by atoms with E-state index in [1.165, 1.54) is 31.2 Å². The summed E-state index contributed by atoms with van der Waals surface area (Å²) in [4.78, 5) is 24.1. The molecule has 132 valence electrons. The maximum Gasteiger partial charge on any atom is 0.347 e. The van der Waals surface area contributed by atoms with Crippen LogP contribution in [0.2, 0.25) is 0 Å². The van der Waals surface area contributed by atoms with Crippen molar-refractivity contribution in [3.05, 3.63) is 59.9 Å². The van der Waals surface area contributed by atoms with Crippen molar-refractivity contribution in [2.45, 2.75) is 33.0 Å². The highest BCUT2D eigenvalue weighted by molar-refractivity contribution is 5.95. The van der Waals surface area contributed by atoms with Crippen molar-refractivity contribution in [1.29, 1.82) is 0 Å². The highest BCUT2D eigenvalue weighted by Gasteiger charge is 2.23. The van der Waals surface area contributed by atoms with Gasteiger partial charge < -0.3 is 14.8 Å². The third-order valence-electron chi connectivity index (χ3n) is 3.41. The Hall–Kier alpha value is -2.89. The van der Waals surface area contributed by atoms with Crippen LogP contribution in [0.3, 0.4) is 0 Å². The lowest BCUT2D eigenvalue weighted by Gasteiger charge is -2.18. The number of aryl methyl sites for hydroxylation is 1. The van der Waals surface area contributed by atoms with Gasteiger partial charge in [-0.25, -0.2) is 9.18 Å². The molecule has 0 aliphatic carbocycles. The fourth-order valence-corrected chi connectivity index (χ4v) is 2.04. The van der Waals surface area contributed by atoms with Crippen LogP contribution in [0.15, 0.2) is 48.5 Å². The normalized spacial score (nSPS) is 12.8. The Morgan fingerprint density at radius 3 is 2.36 bits per heavy atom. The van der Waals surface area contributed by atoms with Gasteiger partial charge in [-0.2, -0.15) is 0 Å². The summed E-state index contributed by atoms with van der Waals surface area (Å²) in [7, 11) is 0. The van der Waals surface area contributed by atoms with Crippen LogP contribution in [-0.2, 0) is 14.3 Å². The number of amides is 1. The second-order valence-electron chi connectivity index (χ2n) is 5.65. The number of carbonyl (C=O) groups excluding carboxylic acids is 2. The van der Waals surface area contributed by atoms with Crippen LogP contribution < -0.4 is 10.1 Å². The quantitative estimate of drug-likeness (QED) is 0.814. The van der Waals surface area contributed by atoms with Crippen LogP contribution in [0.1, 0.15) is 19.4 Å². The number of carbonyl (C=O) groups is 2. The van der Waals surface area contributed by atoms with Crippen molar-refractivity contribution >= 4 is 17.6 Å². The summed E-state index contributed by atoms with van der Waals surface area (Å²) < 4.78 is 23.5. The molecular weight excluding hydrogens is 325 g/mol. The lowest BCUT2D eigenvalue weighted by Crippen LogP contribution is -2.35. The molecular formula is C19H20FNO4. The van der Waals surface area contributed by atoms with E-state index >= 15 is 0 Å². The topological polar surface area (TPSA) is 64.6 Å². The predicted octanol–water partition coefficient (Wildman–Crippen LogP) is 3.47. The first-order chi connectivity index (χ1) is 11.8. The van der Waals surface area contributed by atoms with Gasteiger partial charge in [0.15, 0.2) is 12.2 Å². The first-order valence-corrected chi connectivity index (χ1v) is 7.85. The number of anilines is 1. The summed E-state index contributed by atoms with van der Waals surface area (Å²) >= 11 is 0. The molecule has 0 aliphatic heterocycles. The molecule has 0 bridgehead atoms. The number of hydrogen-bond acceptors (Lipinski definition) is 4.